The second-order valence-corrected chi connectivity index (χ2v) is 6.64. The van der Waals surface area contributed by atoms with E-state index in [1.54, 1.807) is 0 Å². The molecule has 0 aromatic heterocycles. The minimum absolute atomic E-state index is 0.812. The molecule has 2 saturated carbocycles. The summed E-state index contributed by atoms with van der Waals surface area (Å²) in [7, 11) is 0. The first-order valence-electron chi connectivity index (χ1n) is 7.41. The van der Waals surface area contributed by atoms with Crippen LogP contribution in [0.25, 0.3) is 0 Å². The van der Waals surface area contributed by atoms with Gasteiger partial charge in [-0.3, -0.25) is 0 Å². The van der Waals surface area contributed by atoms with Crippen LogP contribution in [0, 0.1) is 17.8 Å². The maximum Gasteiger partial charge on any atom is 0.00954 e. The van der Waals surface area contributed by atoms with Crippen LogP contribution in [0.3, 0.4) is 0 Å². The van der Waals surface area contributed by atoms with Crippen molar-refractivity contribution in [2.45, 2.75) is 77.8 Å². The van der Waals surface area contributed by atoms with Crippen LogP contribution in [0.4, 0.5) is 0 Å². The van der Waals surface area contributed by atoms with Crippen LogP contribution in [0.5, 0.6) is 0 Å². The highest BCUT2D eigenvalue weighted by Gasteiger charge is 2.28. The smallest absolute Gasteiger partial charge is 0.00954 e. The third-order valence-corrected chi connectivity index (χ3v) is 4.82. The Labute approximate surface area is 101 Å². The van der Waals surface area contributed by atoms with Crippen molar-refractivity contribution in [3.8, 4) is 0 Å². The van der Waals surface area contributed by atoms with Gasteiger partial charge in [-0.05, 0) is 49.9 Å². The summed E-state index contributed by atoms with van der Waals surface area (Å²) in [4.78, 5) is 0. The van der Waals surface area contributed by atoms with Gasteiger partial charge in [0.2, 0.25) is 0 Å². The van der Waals surface area contributed by atoms with Gasteiger partial charge in [-0.25, -0.2) is 0 Å². The van der Waals surface area contributed by atoms with E-state index in [4.69, 9.17) is 0 Å². The molecule has 2 aliphatic carbocycles. The van der Waals surface area contributed by atoms with Crippen molar-refractivity contribution in [1.82, 2.24) is 5.32 Å². The largest absolute Gasteiger partial charge is 0.311 e. The molecular weight excluding hydrogens is 194 g/mol. The average molecular weight is 223 g/mol. The summed E-state index contributed by atoms with van der Waals surface area (Å²) in [6.45, 7) is 7.27. The van der Waals surface area contributed by atoms with Crippen molar-refractivity contribution in [3.63, 3.8) is 0 Å². The minimum atomic E-state index is 0.812. The van der Waals surface area contributed by atoms with Gasteiger partial charge in [-0.1, -0.05) is 33.6 Å². The Bertz CT molecular complexity index is 213. The minimum Gasteiger partial charge on any atom is -0.311 e. The van der Waals surface area contributed by atoms with Crippen molar-refractivity contribution in [3.05, 3.63) is 0 Å². The van der Waals surface area contributed by atoms with E-state index >= 15 is 0 Å². The highest BCUT2D eigenvalue weighted by Crippen LogP contribution is 2.31. The molecule has 0 spiro atoms. The molecule has 2 rings (SSSR count). The molecule has 0 saturated heterocycles. The van der Waals surface area contributed by atoms with Gasteiger partial charge in [0.05, 0.1) is 0 Å². The summed E-state index contributed by atoms with van der Waals surface area (Å²) >= 11 is 0. The lowest BCUT2D eigenvalue weighted by Gasteiger charge is -2.38. The number of hydrogen-bond acceptors (Lipinski definition) is 1. The first kappa shape index (κ1) is 12.4. The number of rotatable bonds is 2. The topological polar surface area (TPSA) is 12.0 Å². The van der Waals surface area contributed by atoms with Crippen molar-refractivity contribution in [1.29, 1.82) is 0 Å². The molecule has 0 aromatic carbocycles. The van der Waals surface area contributed by atoms with Gasteiger partial charge in [0.25, 0.3) is 0 Å². The average Bonchev–Trinajstić information content (AvgIpc) is 2.22. The zero-order valence-corrected chi connectivity index (χ0v) is 11.3. The Morgan fingerprint density at radius 1 is 0.812 bits per heavy atom. The van der Waals surface area contributed by atoms with E-state index in [-0.39, 0.29) is 0 Å². The Kier molecular flexibility index (Phi) is 4.29. The molecule has 1 N–H and O–H groups in total. The van der Waals surface area contributed by atoms with Gasteiger partial charge in [0, 0.05) is 12.1 Å². The van der Waals surface area contributed by atoms with Crippen LogP contribution in [-0.2, 0) is 0 Å². The highest BCUT2D eigenvalue weighted by atomic mass is 15.0. The lowest BCUT2D eigenvalue weighted by Crippen LogP contribution is -2.46. The third kappa shape index (κ3) is 3.23. The fourth-order valence-electron chi connectivity index (χ4n) is 3.80. The quantitative estimate of drug-likeness (QED) is 0.746. The SMILES string of the molecule is CC1CCCC(NC2CCC(C)CC2C)C1. The molecule has 0 bridgehead atoms. The fourth-order valence-corrected chi connectivity index (χ4v) is 3.80. The van der Waals surface area contributed by atoms with Gasteiger partial charge in [0.1, 0.15) is 0 Å². The lowest BCUT2D eigenvalue weighted by atomic mass is 9.78. The van der Waals surface area contributed by atoms with Crippen LogP contribution in [0.1, 0.15) is 65.7 Å². The highest BCUT2D eigenvalue weighted by molar-refractivity contribution is 4.85. The maximum absolute atomic E-state index is 3.96. The Morgan fingerprint density at radius 2 is 1.56 bits per heavy atom. The van der Waals surface area contributed by atoms with Crippen molar-refractivity contribution >= 4 is 0 Å². The summed E-state index contributed by atoms with van der Waals surface area (Å²) in [6, 6.07) is 1.64. The Balaban J connectivity index is 1.80. The Morgan fingerprint density at radius 3 is 2.25 bits per heavy atom. The van der Waals surface area contributed by atoms with E-state index in [2.05, 4.69) is 26.1 Å². The van der Waals surface area contributed by atoms with Crippen LogP contribution >= 0.6 is 0 Å². The molecule has 0 amide bonds. The first-order chi connectivity index (χ1) is 7.65. The van der Waals surface area contributed by atoms with E-state index in [9.17, 15) is 0 Å². The molecule has 0 aromatic rings. The molecule has 2 aliphatic rings. The van der Waals surface area contributed by atoms with E-state index < -0.39 is 0 Å². The lowest BCUT2D eigenvalue weighted by molar-refractivity contribution is 0.188. The molecule has 0 heterocycles. The van der Waals surface area contributed by atoms with Crippen molar-refractivity contribution in [2.75, 3.05) is 0 Å². The summed E-state index contributed by atoms with van der Waals surface area (Å²) < 4.78 is 0. The molecule has 16 heavy (non-hydrogen) atoms. The van der Waals surface area contributed by atoms with E-state index in [0.717, 1.165) is 29.8 Å². The number of nitrogens with one attached hydrogen (secondary N) is 1. The fraction of sp³-hybridized carbons (Fsp3) is 1.00. The number of hydrogen-bond donors (Lipinski definition) is 1. The summed E-state index contributed by atoms with van der Waals surface area (Å²) in [6.07, 6.45) is 10.0. The van der Waals surface area contributed by atoms with Crippen LogP contribution in [0.15, 0.2) is 0 Å². The monoisotopic (exact) mass is 223 g/mol. The second kappa shape index (κ2) is 5.53. The molecule has 0 aliphatic heterocycles. The van der Waals surface area contributed by atoms with E-state index in [0.29, 0.717) is 0 Å². The zero-order chi connectivity index (χ0) is 11.5. The van der Waals surface area contributed by atoms with E-state index in [1.165, 1.54) is 44.9 Å². The summed E-state index contributed by atoms with van der Waals surface area (Å²) in [5.74, 6) is 2.79. The van der Waals surface area contributed by atoms with Crippen LogP contribution in [-0.4, -0.2) is 12.1 Å². The zero-order valence-electron chi connectivity index (χ0n) is 11.3. The molecule has 0 radical (unpaired) electrons. The van der Waals surface area contributed by atoms with Gasteiger partial charge in [-0.15, -0.1) is 0 Å². The molecule has 5 atom stereocenters. The summed E-state index contributed by atoms with van der Waals surface area (Å²) in [5.41, 5.74) is 0. The van der Waals surface area contributed by atoms with Crippen molar-refractivity contribution in [2.24, 2.45) is 17.8 Å². The predicted molar refractivity (Wildman–Crippen MR) is 70.5 cm³/mol. The first-order valence-corrected chi connectivity index (χ1v) is 7.41. The van der Waals surface area contributed by atoms with Crippen LogP contribution < -0.4 is 5.32 Å². The molecule has 1 nitrogen and oxygen atoms in total. The predicted octanol–water partition coefficient (Wildman–Crippen LogP) is 3.98. The summed E-state index contributed by atoms with van der Waals surface area (Å²) in [5, 5.41) is 3.96. The third-order valence-electron chi connectivity index (χ3n) is 4.82. The van der Waals surface area contributed by atoms with Gasteiger partial charge >= 0.3 is 0 Å². The Hall–Kier alpha value is -0.0400. The normalized spacial score (nSPS) is 45.6. The molecule has 2 fully saturated rings. The van der Waals surface area contributed by atoms with Gasteiger partial charge < -0.3 is 5.32 Å². The van der Waals surface area contributed by atoms with Crippen LogP contribution in [0.2, 0.25) is 0 Å². The van der Waals surface area contributed by atoms with E-state index in [1.807, 2.05) is 0 Å². The molecule has 5 unspecified atom stereocenters. The van der Waals surface area contributed by atoms with Gasteiger partial charge in [-0.2, -0.15) is 0 Å². The van der Waals surface area contributed by atoms with Crippen molar-refractivity contribution < 1.29 is 0 Å². The standard InChI is InChI=1S/C15H29N/c1-11-5-4-6-14(10-11)16-15-8-7-12(2)9-13(15)3/h11-16H,4-10H2,1-3H3. The maximum atomic E-state index is 3.96. The molecular formula is C15H29N. The van der Waals surface area contributed by atoms with Gasteiger partial charge in [0.15, 0.2) is 0 Å². The second-order valence-electron chi connectivity index (χ2n) is 6.64. The molecule has 94 valence electrons. The molecule has 1 heteroatoms.